The second-order valence-corrected chi connectivity index (χ2v) is 3.93. The van der Waals surface area contributed by atoms with E-state index in [0.717, 1.165) is 32.7 Å². The average molecular weight is 189 g/mol. The molecule has 1 saturated heterocycles. The van der Waals surface area contributed by atoms with E-state index in [1.54, 1.807) is 0 Å². The fourth-order valence-electron chi connectivity index (χ4n) is 1.76. The normalized spacial score (nSPS) is 18.4. The molecule has 1 aromatic rings. The van der Waals surface area contributed by atoms with Crippen molar-refractivity contribution in [2.24, 2.45) is 0 Å². The fourth-order valence-corrected chi connectivity index (χ4v) is 1.76. The van der Waals surface area contributed by atoms with E-state index in [9.17, 15) is 0 Å². The summed E-state index contributed by atoms with van der Waals surface area (Å²) < 4.78 is 0. The van der Waals surface area contributed by atoms with Crippen LogP contribution in [-0.2, 0) is 6.54 Å². The zero-order valence-electron chi connectivity index (χ0n) is 8.74. The molecule has 1 fully saturated rings. The lowest BCUT2D eigenvalue weighted by molar-refractivity contribution is 0.231. The van der Waals surface area contributed by atoms with Crippen molar-refractivity contribution in [2.75, 3.05) is 26.2 Å². The summed E-state index contributed by atoms with van der Waals surface area (Å²) in [6.07, 6.45) is 0. The van der Waals surface area contributed by atoms with Crippen LogP contribution in [0.4, 0.5) is 0 Å². The molecular weight excluding hydrogens is 172 g/mol. The maximum atomic E-state index is 4.34. The van der Waals surface area contributed by atoms with E-state index >= 15 is 0 Å². The van der Waals surface area contributed by atoms with Crippen molar-refractivity contribution in [1.29, 1.82) is 0 Å². The third-order valence-corrected chi connectivity index (χ3v) is 2.68. The lowest BCUT2D eigenvalue weighted by atomic mass is 10.1. The van der Waals surface area contributed by atoms with Crippen molar-refractivity contribution >= 4 is 0 Å². The van der Waals surface area contributed by atoms with Gasteiger partial charge in [-0.1, -0.05) is 29.8 Å². The van der Waals surface area contributed by atoms with Crippen LogP contribution in [0.5, 0.6) is 0 Å². The van der Waals surface area contributed by atoms with E-state index in [0.29, 0.717) is 0 Å². The first kappa shape index (κ1) is 9.69. The zero-order valence-corrected chi connectivity index (χ0v) is 8.74. The molecule has 1 radical (unpaired) electrons. The van der Waals surface area contributed by atoms with Crippen LogP contribution in [0.2, 0.25) is 0 Å². The van der Waals surface area contributed by atoms with Gasteiger partial charge in [0, 0.05) is 32.7 Å². The van der Waals surface area contributed by atoms with Gasteiger partial charge in [-0.3, -0.25) is 4.90 Å². The van der Waals surface area contributed by atoms with Gasteiger partial charge in [0.15, 0.2) is 0 Å². The number of rotatable bonds is 2. The highest BCUT2D eigenvalue weighted by Gasteiger charge is 2.09. The smallest absolute Gasteiger partial charge is 0.0261 e. The van der Waals surface area contributed by atoms with Gasteiger partial charge >= 0.3 is 0 Å². The summed E-state index contributed by atoms with van der Waals surface area (Å²) in [5.74, 6) is 0. The van der Waals surface area contributed by atoms with E-state index in [1.807, 2.05) is 0 Å². The van der Waals surface area contributed by atoms with Gasteiger partial charge in [-0.15, -0.1) is 0 Å². The highest BCUT2D eigenvalue weighted by molar-refractivity contribution is 5.21. The van der Waals surface area contributed by atoms with Crippen LogP contribution >= 0.6 is 0 Å². The Kier molecular flexibility index (Phi) is 3.17. The molecule has 0 aromatic heterocycles. The summed E-state index contributed by atoms with van der Waals surface area (Å²) in [5, 5.41) is 4.34. The van der Waals surface area contributed by atoms with Crippen LogP contribution < -0.4 is 5.32 Å². The molecular formula is C12H17N2. The van der Waals surface area contributed by atoms with E-state index < -0.39 is 0 Å². The number of hydrogen-bond donors (Lipinski definition) is 0. The largest absolute Gasteiger partial charge is 0.296 e. The van der Waals surface area contributed by atoms with Gasteiger partial charge in [-0.25, -0.2) is 5.32 Å². The number of benzene rings is 1. The molecule has 75 valence electrons. The first-order chi connectivity index (χ1) is 6.84. The zero-order chi connectivity index (χ0) is 9.80. The Balaban J connectivity index is 1.92. The fraction of sp³-hybridized carbons (Fsp3) is 0.500. The Morgan fingerprint density at radius 3 is 2.43 bits per heavy atom. The first-order valence-electron chi connectivity index (χ1n) is 5.26. The topological polar surface area (TPSA) is 17.3 Å². The Bertz CT molecular complexity index is 273. The van der Waals surface area contributed by atoms with Gasteiger partial charge < -0.3 is 0 Å². The Hall–Kier alpha value is -0.860. The summed E-state index contributed by atoms with van der Waals surface area (Å²) in [7, 11) is 0. The molecule has 2 rings (SSSR count). The van der Waals surface area contributed by atoms with Crippen molar-refractivity contribution in [3.8, 4) is 0 Å². The highest BCUT2D eigenvalue weighted by atomic mass is 15.2. The maximum absolute atomic E-state index is 4.34. The second kappa shape index (κ2) is 4.58. The Morgan fingerprint density at radius 2 is 1.79 bits per heavy atom. The minimum absolute atomic E-state index is 1.01. The van der Waals surface area contributed by atoms with Gasteiger partial charge in [-0.2, -0.15) is 0 Å². The van der Waals surface area contributed by atoms with Crippen LogP contribution in [0.25, 0.3) is 0 Å². The van der Waals surface area contributed by atoms with Gasteiger partial charge in [0.1, 0.15) is 0 Å². The third-order valence-electron chi connectivity index (χ3n) is 2.68. The molecule has 0 unspecified atom stereocenters. The van der Waals surface area contributed by atoms with Crippen LogP contribution in [0.15, 0.2) is 24.3 Å². The quantitative estimate of drug-likeness (QED) is 0.687. The van der Waals surface area contributed by atoms with Crippen molar-refractivity contribution in [1.82, 2.24) is 10.2 Å². The molecule has 0 amide bonds. The average Bonchev–Trinajstić information content (AvgIpc) is 2.23. The predicted molar refractivity (Wildman–Crippen MR) is 58.3 cm³/mol. The number of piperazine rings is 1. The highest BCUT2D eigenvalue weighted by Crippen LogP contribution is 2.07. The van der Waals surface area contributed by atoms with Gasteiger partial charge in [0.05, 0.1) is 0 Å². The first-order valence-corrected chi connectivity index (χ1v) is 5.26. The van der Waals surface area contributed by atoms with Crippen LogP contribution in [0.3, 0.4) is 0 Å². The molecule has 0 atom stereocenters. The molecule has 1 aliphatic rings. The molecule has 2 nitrogen and oxygen atoms in total. The number of hydrogen-bond acceptors (Lipinski definition) is 1. The minimum Gasteiger partial charge on any atom is -0.296 e. The van der Waals surface area contributed by atoms with Crippen LogP contribution in [0.1, 0.15) is 11.1 Å². The monoisotopic (exact) mass is 189 g/mol. The SMILES string of the molecule is Cc1ccc(CN2CC[N]CC2)cc1. The molecule has 0 aliphatic carbocycles. The third kappa shape index (κ3) is 2.56. The standard InChI is InChI=1S/C12H17N2/c1-11-2-4-12(5-3-11)10-14-8-6-13-7-9-14/h2-5H,6-10H2,1H3. The summed E-state index contributed by atoms with van der Waals surface area (Å²) in [6, 6.07) is 8.81. The molecule has 2 heteroatoms. The lowest BCUT2D eigenvalue weighted by Gasteiger charge is -2.26. The summed E-state index contributed by atoms with van der Waals surface area (Å²) in [6.45, 7) is 7.46. The van der Waals surface area contributed by atoms with Gasteiger partial charge in [0.25, 0.3) is 0 Å². The van der Waals surface area contributed by atoms with Crippen molar-refractivity contribution in [3.05, 3.63) is 35.4 Å². The molecule has 1 aromatic carbocycles. The van der Waals surface area contributed by atoms with Crippen molar-refractivity contribution < 1.29 is 0 Å². The maximum Gasteiger partial charge on any atom is 0.0261 e. The molecule has 0 saturated carbocycles. The summed E-state index contributed by atoms with van der Waals surface area (Å²) in [4.78, 5) is 2.47. The second-order valence-electron chi connectivity index (χ2n) is 3.93. The van der Waals surface area contributed by atoms with Crippen LogP contribution in [0, 0.1) is 6.92 Å². The van der Waals surface area contributed by atoms with E-state index in [-0.39, 0.29) is 0 Å². The predicted octanol–water partition coefficient (Wildman–Crippen LogP) is 1.42. The van der Waals surface area contributed by atoms with E-state index in [1.165, 1.54) is 11.1 Å². The Labute approximate surface area is 85.9 Å². The minimum atomic E-state index is 1.01. The van der Waals surface area contributed by atoms with Gasteiger partial charge in [-0.05, 0) is 12.5 Å². The number of aryl methyl sites for hydroxylation is 1. The molecule has 0 bridgehead atoms. The van der Waals surface area contributed by atoms with Gasteiger partial charge in [0.2, 0.25) is 0 Å². The molecule has 14 heavy (non-hydrogen) atoms. The van der Waals surface area contributed by atoms with Crippen molar-refractivity contribution in [2.45, 2.75) is 13.5 Å². The lowest BCUT2D eigenvalue weighted by Crippen LogP contribution is -2.39. The van der Waals surface area contributed by atoms with E-state index in [2.05, 4.69) is 41.4 Å². The molecule has 0 spiro atoms. The molecule has 1 heterocycles. The van der Waals surface area contributed by atoms with Crippen molar-refractivity contribution in [3.63, 3.8) is 0 Å². The number of nitrogens with zero attached hydrogens (tertiary/aromatic N) is 2. The van der Waals surface area contributed by atoms with Crippen LogP contribution in [-0.4, -0.2) is 31.1 Å². The summed E-state index contributed by atoms with van der Waals surface area (Å²) >= 11 is 0. The Morgan fingerprint density at radius 1 is 1.14 bits per heavy atom. The molecule has 1 aliphatic heterocycles. The summed E-state index contributed by atoms with van der Waals surface area (Å²) in [5.41, 5.74) is 2.75. The molecule has 0 N–H and O–H groups in total. The van der Waals surface area contributed by atoms with E-state index in [4.69, 9.17) is 0 Å².